The predicted octanol–water partition coefficient (Wildman–Crippen LogP) is 3.62. The minimum Gasteiger partial charge on any atom is -0.497 e. The molecule has 3 rings (SSSR count). The van der Waals surface area contributed by atoms with Gasteiger partial charge in [-0.05, 0) is 54.0 Å². The SMILES string of the molecule is COc1ccc(/C=N/n2c(CCc3ccccc3)n[nH]c2=S)cc1. The van der Waals surface area contributed by atoms with Crippen LogP contribution in [-0.2, 0) is 12.8 Å². The third-order valence-electron chi connectivity index (χ3n) is 3.64. The zero-order chi connectivity index (χ0) is 16.8. The molecule has 6 heteroatoms. The van der Waals surface area contributed by atoms with Crippen molar-refractivity contribution < 1.29 is 4.74 Å². The highest BCUT2D eigenvalue weighted by Gasteiger charge is 2.05. The Balaban J connectivity index is 1.74. The molecule has 0 aliphatic carbocycles. The largest absolute Gasteiger partial charge is 0.497 e. The third kappa shape index (κ3) is 3.97. The molecular formula is C18H18N4OS. The van der Waals surface area contributed by atoms with Crippen LogP contribution in [0.25, 0.3) is 0 Å². The first-order valence-corrected chi connectivity index (χ1v) is 8.06. The first kappa shape index (κ1) is 16.1. The molecule has 0 aliphatic heterocycles. The summed E-state index contributed by atoms with van der Waals surface area (Å²) in [6, 6.07) is 18.0. The molecule has 1 heterocycles. The number of aromatic amines is 1. The number of hydrogen-bond donors (Lipinski definition) is 1. The van der Waals surface area contributed by atoms with Crippen molar-refractivity contribution in [2.45, 2.75) is 12.8 Å². The van der Waals surface area contributed by atoms with Crippen LogP contribution < -0.4 is 4.74 Å². The van der Waals surface area contributed by atoms with E-state index < -0.39 is 0 Å². The summed E-state index contributed by atoms with van der Waals surface area (Å²) in [6.45, 7) is 0. The molecule has 0 bridgehead atoms. The number of aryl methyl sites for hydroxylation is 2. The fourth-order valence-electron chi connectivity index (χ4n) is 2.32. The van der Waals surface area contributed by atoms with Crippen molar-refractivity contribution in [1.82, 2.24) is 14.9 Å². The fourth-order valence-corrected chi connectivity index (χ4v) is 2.52. The van der Waals surface area contributed by atoms with Crippen molar-refractivity contribution in [3.05, 3.63) is 76.3 Å². The molecule has 0 unspecified atom stereocenters. The van der Waals surface area contributed by atoms with Gasteiger partial charge >= 0.3 is 0 Å². The molecule has 1 aromatic heterocycles. The summed E-state index contributed by atoms with van der Waals surface area (Å²) in [5.74, 6) is 1.63. The summed E-state index contributed by atoms with van der Waals surface area (Å²) >= 11 is 5.27. The number of benzene rings is 2. The van der Waals surface area contributed by atoms with E-state index in [4.69, 9.17) is 17.0 Å². The van der Waals surface area contributed by atoms with Crippen LogP contribution in [0.4, 0.5) is 0 Å². The molecule has 0 saturated heterocycles. The zero-order valence-corrected chi connectivity index (χ0v) is 14.2. The summed E-state index contributed by atoms with van der Waals surface area (Å²) in [6.07, 6.45) is 3.41. The summed E-state index contributed by atoms with van der Waals surface area (Å²) in [4.78, 5) is 0. The predicted molar refractivity (Wildman–Crippen MR) is 97.2 cm³/mol. The normalized spacial score (nSPS) is 11.0. The summed E-state index contributed by atoms with van der Waals surface area (Å²) < 4.78 is 7.31. The summed E-state index contributed by atoms with van der Waals surface area (Å²) in [5.41, 5.74) is 2.23. The standard InChI is InChI=1S/C18H18N4OS/c1-23-16-10-7-15(8-11-16)13-19-22-17(20-21-18(22)24)12-9-14-5-3-2-4-6-14/h2-8,10-11,13H,9,12H2,1H3,(H,21,24)/b19-13+. The molecule has 0 fully saturated rings. The first-order valence-electron chi connectivity index (χ1n) is 7.65. The molecule has 0 spiro atoms. The molecule has 0 atom stereocenters. The Morgan fingerprint density at radius 1 is 1.12 bits per heavy atom. The van der Waals surface area contributed by atoms with Crippen LogP contribution in [0, 0.1) is 4.77 Å². The molecular weight excluding hydrogens is 320 g/mol. The van der Waals surface area contributed by atoms with Gasteiger partial charge < -0.3 is 4.74 Å². The number of nitrogens with zero attached hydrogens (tertiary/aromatic N) is 3. The van der Waals surface area contributed by atoms with E-state index in [1.807, 2.05) is 42.5 Å². The Bertz CT molecular complexity index is 866. The Labute approximate surface area is 145 Å². The Hall–Kier alpha value is -2.73. The average Bonchev–Trinajstić information content (AvgIpc) is 2.99. The lowest BCUT2D eigenvalue weighted by Gasteiger charge is -2.02. The van der Waals surface area contributed by atoms with E-state index in [0.717, 1.165) is 30.0 Å². The first-order chi connectivity index (χ1) is 11.8. The van der Waals surface area contributed by atoms with Gasteiger partial charge in [-0.1, -0.05) is 30.3 Å². The van der Waals surface area contributed by atoms with E-state index >= 15 is 0 Å². The third-order valence-corrected chi connectivity index (χ3v) is 3.90. The summed E-state index contributed by atoms with van der Waals surface area (Å²) in [7, 11) is 1.65. The average molecular weight is 338 g/mol. The Morgan fingerprint density at radius 3 is 2.58 bits per heavy atom. The van der Waals surface area contributed by atoms with Crippen LogP contribution in [-0.4, -0.2) is 28.2 Å². The van der Waals surface area contributed by atoms with Gasteiger partial charge in [0.1, 0.15) is 5.75 Å². The molecule has 24 heavy (non-hydrogen) atoms. The van der Waals surface area contributed by atoms with E-state index in [1.165, 1.54) is 5.56 Å². The van der Waals surface area contributed by atoms with Crippen LogP contribution in [0.15, 0.2) is 59.7 Å². The van der Waals surface area contributed by atoms with E-state index in [-0.39, 0.29) is 0 Å². The minimum atomic E-state index is 0.489. The maximum absolute atomic E-state index is 5.27. The monoisotopic (exact) mass is 338 g/mol. The topological polar surface area (TPSA) is 55.2 Å². The van der Waals surface area contributed by atoms with Crippen molar-refractivity contribution in [1.29, 1.82) is 0 Å². The van der Waals surface area contributed by atoms with Gasteiger partial charge in [-0.25, -0.2) is 0 Å². The van der Waals surface area contributed by atoms with E-state index in [0.29, 0.717) is 4.77 Å². The summed E-state index contributed by atoms with van der Waals surface area (Å²) in [5, 5.41) is 11.5. The second-order valence-corrected chi connectivity index (χ2v) is 5.65. The molecule has 0 radical (unpaired) electrons. The molecule has 2 aromatic carbocycles. The second kappa shape index (κ2) is 7.70. The second-order valence-electron chi connectivity index (χ2n) is 5.26. The van der Waals surface area contributed by atoms with E-state index in [2.05, 4.69) is 27.4 Å². The zero-order valence-electron chi connectivity index (χ0n) is 13.3. The van der Waals surface area contributed by atoms with Crippen LogP contribution in [0.1, 0.15) is 17.0 Å². The van der Waals surface area contributed by atoms with Crippen LogP contribution in [0.5, 0.6) is 5.75 Å². The van der Waals surface area contributed by atoms with Crippen LogP contribution in [0.2, 0.25) is 0 Å². The molecule has 122 valence electrons. The Kier molecular flexibility index (Phi) is 5.18. The minimum absolute atomic E-state index is 0.489. The molecule has 0 saturated carbocycles. The van der Waals surface area contributed by atoms with Gasteiger partial charge in [0.25, 0.3) is 0 Å². The maximum atomic E-state index is 5.27. The van der Waals surface area contributed by atoms with Crippen LogP contribution >= 0.6 is 12.2 Å². The maximum Gasteiger partial charge on any atom is 0.216 e. The Morgan fingerprint density at radius 2 is 1.88 bits per heavy atom. The van der Waals surface area contributed by atoms with Crippen molar-refractivity contribution >= 4 is 18.4 Å². The molecule has 5 nitrogen and oxygen atoms in total. The lowest BCUT2D eigenvalue weighted by molar-refractivity contribution is 0.415. The smallest absolute Gasteiger partial charge is 0.216 e. The fraction of sp³-hybridized carbons (Fsp3) is 0.167. The highest BCUT2D eigenvalue weighted by molar-refractivity contribution is 7.71. The van der Waals surface area contributed by atoms with Crippen LogP contribution in [0.3, 0.4) is 0 Å². The van der Waals surface area contributed by atoms with Crippen molar-refractivity contribution in [3.8, 4) is 5.75 Å². The van der Waals surface area contributed by atoms with E-state index in [1.54, 1.807) is 18.0 Å². The van der Waals surface area contributed by atoms with Gasteiger partial charge in [0.15, 0.2) is 5.82 Å². The number of H-pyrrole nitrogens is 1. The number of ether oxygens (including phenoxy) is 1. The lowest BCUT2D eigenvalue weighted by Crippen LogP contribution is -2.01. The van der Waals surface area contributed by atoms with E-state index in [9.17, 15) is 0 Å². The van der Waals surface area contributed by atoms with Gasteiger partial charge in [0.05, 0.1) is 13.3 Å². The number of aromatic nitrogens is 3. The molecule has 0 aliphatic rings. The number of nitrogens with one attached hydrogen (secondary N) is 1. The van der Waals surface area contributed by atoms with Gasteiger partial charge in [-0.3, -0.25) is 5.10 Å². The number of methoxy groups -OCH3 is 1. The van der Waals surface area contributed by atoms with Crippen molar-refractivity contribution in [2.24, 2.45) is 5.10 Å². The number of hydrogen-bond acceptors (Lipinski definition) is 4. The lowest BCUT2D eigenvalue weighted by atomic mass is 10.1. The van der Waals surface area contributed by atoms with Crippen molar-refractivity contribution in [3.63, 3.8) is 0 Å². The highest BCUT2D eigenvalue weighted by Crippen LogP contribution is 2.10. The quantitative estimate of drug-likeness (QED) is 0.552. The molecule has 1 N–H and O–H groups in total. The van der Waals surface area contributed by atoms with Crippen molar-refractivity contribution in [2.75, 3.05) is 7.11 Å². The molecule has 0 amide bonds. The van der Waals surface area contributed by atoms with Gasteiger partial charge in [0, 0.05) is 6.42 Å². The van der Waals surface area contributed by atoms with Gasteiger partial charge in [-0.15, -0.1) is 0 Å². The van der Waals surface area contributed by atoms with Gasteiger partial charge in [0.2, 0.25) is 4.77 Å². The molecule has 3 aromatic rings. The number of rotatable bonds is 6. The van der Waals surface area contributed by atoms with Gasteiger partial charge in [-0.2, -0.15) is 14.9 Å². The highest BCUT2D eigenvalue weighted by atomic mass is 32.1.